The van der Waals surface area contributed by atoms with E-state index >= 15 is 0 Å². The summed E-state index contributed by atoms with van der Waals surface area (Å²) in [6, 6.07) is 4.86. The largest absolute Gasteiger partial charge is 0.459 e. The molecule has 7 heteroatoms. The first kappa shape index (κ1) is 17.7. The van der Waals surface area contributed by atoms with E-state index in [1.165, 1.54) is 23.5 Å². The van der Waals surface area contributed by atoms with Crippen LogP contribution >= 0.6 is 11.3 Å². The van der Waals surface area contributed by atoms with Crippen LogP contribution in [0.5, 0.6) is 0 Å². The second-order valence-electron chi connectivity index (χ2n) is 5.81. The van der Waals surface area contributed by atoms with Gasteiger partial charge in [0.05, 0.1) is 17.2 Å². The maximum absolute atomic E-state index is 12.6. The van der Waals surface area contributed by atoms with Gasteiger partial charge in [0.2, 0.25) is 0 Å². The fourth-order valence-electron chi connectivity index (χ4n) is 2.58. The van der Waals surface area contributed by atoms with Crippen LogP contribution < -0.4 is 0 Å². The van der Waals surface area contributed by atoms with Crippen LogP contribution in [0.2, 0.25) is 0 Å². The van der Waals surface area contributed by atoms with Crippen molar-refractivity contribution in [3.63, 3.8) is 0 Å². The molecule has 1 aliphatic rings. The van der Waals surface area contributed by atoms with Gasteiger partial charge in [0, 0.05) is 10.9 Å². The number of carbonyl (C=O) groups is 1. The van der Waals surface area contributed by atoms with E-state index in [0.29, 0.717) is 22.7 Å². The Morgan fingerprint density at radius 1 is 1.24 bits per heavy atom. The van der Waals surface area contributed by atoms with Gasteiger partial charge in [0.15, 0.2) is 0 Å². The van der Waals surface area contributed by atoms with Gasteiger partial charge in [-0.2, -0.15) is 13.2 Å². The molecule has 0 saturated heterocycles. The maximum atomic E-state index is 12.6. The summed E-state index contributed by atoms with van der Waals surface area (Å²) < 4.78 is 43.1. The molecule has 1 aliphatic carbocycles. The summed E-state index contributed by atoms with van der Waals surface area (Å²) in [6.07, 6.45) is 2.07. The van der Waals surface area contributed by atoms with Crippen molar-refractivity contribution in [1.29, 1.82) is 0 Å². The van der Waals surface area contributed by atoms with Crippen molar-refractivity contribution in [2.45, 2.75) is 32.0 Å². The first-order valence-corrected chi connectivity index (χ1v) is 8.75. The Hall–Kier alpha value is -2.15. The number of rotatable bonds is 4. The third kappa shape index (κ3) is 4.48. The lowest BCUT2D eigenvalue weighted by Gasteiger charge is -2.15. The molecule has 132 valence electrons. The number of ether oxygens (including phenoxy) is 1. The van der Waals surface area contributed by atoms with Crippen molar-refractivity contribution in [2.75, 3.05) is 0 Å². The average molecular weight is 367 g/mol. The van der Waals surface area contributed by atoms with E-state index in [2.05, 4.69) is 11.1 Å². The van der Waals surface area contributed by atoms with Gasteiger partial charge in [0.1, 0.15) is 11.6 Å². The third-order valence-corrected chi connectivity index (χ3v) is 4.92. The molecule has 0 bridgehead atoms. The Kier molecular flexibility index (Phi) is 5.22. The van der Waals surface area contributed by atoms with E-state index in [0.717, 1.165) is 25.0 Å². The molecule has 3 nitrogen and oxygen atoms in total. The number of allylic oxidation sites excluding steroid dienone is 2. The molecule has 1 atom stereocenters. The highest BCUT2D eigenvalue weighted by Gasteiger charge is 2.30. The zero-order chi connectivity index (χ0) is 17.9. The fraction of sp³-hybridized carbons (Fsp3) is 0.333. The van der Waals surface area contributed by atoms with E-state index in [1.807, 2.05) is 6.08 Å². The topological polar surface area (TPSA) is 39.2 Å². The Balaban J connectivity index is 1.60. The minimum atomic E-state index is -4.35. The number of aromatic nitrogens is 1. The predicted molar refractivity (Wildman–Crippen MR) is 88.8 cm³/mol. The number of alkyl halides is 3. The van der Waals surface area contributed by atoms with Crippen molar-refractivity contribution >= 4 is 17.3 Å². The number of esters is 1. The molecule has 0 fully saturated rings. The molecule has 25 heavy (non-hydrogen) atoms. The number of halogens is 3. The Morgan fingerprint density at radius 2 is 2.00 bits per heavy atom. The van der Waals surface area contributed by atoms with Crippen molar-refractivity contribution in [1.82, 2.24) is 4.98 Å². The lowest BCUT2D eigenvalue weighted by atomic mass is 9.95. The molecule has 0 N–H and O–H groups in total. The second kappa shape index (κ2) is 7.39. The molecule has 2 aromatic rings. The molecule has 0 aliphatic heterocycles. The number of benzene rings is 1. The molecule has 1 unspecified atom stereocenters. The molecule has 0 radical (unpaired) electrons. The summed E-state index contributed by atoms with van der Waals surface area (Å²) in [4.78, 5) is 16.3. The molecule has 1 aromatic carbocycles. The van der Waals surface area contributed by atoms with Crippen molar-refractivity contribution < 1.29 is 22.7 Å². The summed E-state index contributed by atoms with van der Waals surface area (Å²) in [5, 5.41) is 2.35. The van der Waals surface area contributed by atoms with E-state index in [1.54, 1.807) is 5.38 Å². The third-order valence-electron chi connectivity index (χ3n) is 3.98. The molecular formula is C18H16F3NO2S. The van der Waals surface area contributed by atoms with Gasteiger partial charge in [-0.3, -0.25) is 4.79 Å². The van der Waals surface area contributed by atoms with Gasteiger partial charge in [-0.25, -0.2) is 4.98 Å². The monoisotopic (exact) mass is 367 g/mol. The lowest BCUT2D eigenvalue weighted by molar-refractivity contribution is -0.150. The number of carbonyl (C=O) groups excluding carboxylic acids is 1. The van der Waals surface area contributed by atoms with Crippen LogP contribution in [0.3, 0.4) is 0 Å². The quantitative estimate of drug-likeness (QED) is 0.549. The minimum absolute atomic E-state index is 0.0795. The normalized spacial score (nSPS) is 17.5. The van der Waals surface area contributed by atoms with Gasteiger partial charge in [-0.05, 0) is 31.4 Å². The smallest absolute Gasteiger partial charge is 0.416 e. The van der Waals surface area contributed by atoms with Gasteiger partial charge < -0.3 is 4.74 Å². The van der Waals surface area contributed by atoms with Crippen LogP contribution in [0.15, 0.2) is 41.8 Å². The highest BCUT2D eigenvalue weighted by molar-refractivity contribution is 7.13. The summed E-state index contributed by atoms with van der Waals surface area (Å²) >= 11 is 1.31. The van der Waals surface area contributed by atoms with Gasteiger partial charge in [-0.15, -0.1) is 11.3 Å². The minimum Gasteiger partial charge on any atom is -0.459 e. The number of thiazole rings is 1. The predicted octanol–water partition coefficient (Wildman–Crippen LogP) is 5.23. The average Bonchev–Trinajstić information content (AvgIpc) is 3.09. The molecule has 1 aromatic heterocycles. The number of nitrogens with zero attached hydrogens (tertiary/aromatic N) is 1. The summed E-state index contributed by atoms with van der Waals surface area (Å²) in [6.45, 7) is 0.0795. The van der Waals surface area contributed by atoms with E-state index in [9.17, 15) is 18.0 Å². The highest BCUT2D eigenvalue weighted by atomic mass is 32.1. The first-order chi connectivity index (χ1) is 11.9. The van der Waals surface area contributed by atoms with Crippen LogP contribution in [0.1, 0.15) is 30.5 Å². The van der Waals surface area contributed by atoms with Crippen LogP contribution in [0, 0.1) is 5.92 Å². The SMILES string of the molecule is O=C(OCc1csc(-c2ccc(C(F)(F)F)cc2)n1)C1CC=CCC1. The summed E-state index contributed by atoms with van der Waals surface area (Å²) in [7, 11) is 0. The lowest BCUT2D eigenvalue weighted by Crippen LogP contribution is -2.18. The van der Waals surface area contributed by atoms with Crippen molar-refractivity contribution in [2.24, 2.45) is 5.92 Å². The van der Waals surface area contributed by atoms with Crippen LogP contribution in [0.4, 0.5) is 13.2 Å². The van der Waals surface area contributed by atoms with Crippen LogP contribution in [0.25, 0.3) is 10.6 Å². The zero-order valence-corrected chi connectivity index (χ0v) is 14.1. The molecule has 1 heterocycles. The fourth-order valence-corrected chi connectivity index (χ4v) is 3.39. The van der Waals surface area contributed by atoms with Gasteiger partial charge in [-0.1, -0.05) is 24.3 Å². The Morgan fingerprint density at radius 3 is 2.64 bits per heavy atom. The Labute approximate surface area is 147 Å². The van der Waals surface area contributed by atoms with Gasteiger partial charge >= 0.3 is 12.1 Å². The molecule has 0 spiro atoms. The standard InChI is InChI=1S/C18H16F3NO2S/c19-18(20,21)14-8-6-12(7-9-14)16-22-15(11-25-16)10-24-17(23)13-4-2-1-3-5-13/h1-2,6-9,11,13H,3-5,10H2. The van der Waals surface area contributed by atoms with Gasteiger partial charge in [0.25, 0.3) is 0 Å². The highest BCUT2D eigenvalue weighted by Crippen LogP contribution is 2.32. The first-order valence-electron chi connectivity index (χ1n) is 7.87. The second-order valence-corrected chi connectivity index (χ2v) is 6.67. The van der Waals surface area contributed by atoms with Crippen LogP contribution in [-0.4, -0.2) is 11.0 Å². The zero-order valence-electron chi connectivity index (χ0n) is 13.3. The summed E-state index contributed by atoms with van der Waals surface area (Å²) in [5.74, 6) is -0.327. The Bertz CT molecular complexity index is 765. The molecule has 0 saturated carbocycles. The van der Waals surface area contributed by atoms with Crippen molar-refractivity contribution in [3.05, 3.63) is 53.1 Å². The van der Waals surface area contributed by atoms with Crippen LogP contribution in [-0.2, 0) is 22.3 Å². The molecule has 0 amide bonds. The number of hydrogen-bond donors (Lipinski definition) is 0. The summed E-state index contributed by atoms with van der Waals surface area (Å²) in [5.41, 5.74) is 0.510. The number of hydrogen-bond acceptors (Lipinski definition) is 4. The molecular weight excluding hydrogens is 351 g/mol. The van der Waals surface area contributed by atoms with E-state index in [4.69, 9.17) is 4.74 Å². The van der Waals surface area contributed by atoms with E-state index in [-0.39, 0.29) is 18.5 Å². The van der Waals surface area contributed by atoms with E-state index < -0.39 is 11.7 Å². The molecule has 3 rings (SSSR count). The van der Waals surface area contributed by atoms with Crippen molar-refractivity contribution in [3.8, 4) is 10.6 Å². The maximum Gasteiger partial charge on any atom is 0.416 e.